The van der Waals surface area contributed by atoms with Crippen LogP contribution in [0, 0.1) is 0 Å². The molecule has 2 N–H and O–H groups in total. The van der Waals surface area contributed by atoms with Crippen LogP contribution in [0.25, 0.3) is 0 Å². The van der Waals surface area contributed by atoms with E-state index in [-0.39, 0.29) is 0 Å². The van der Waals surface area contributed by atoms with Crippen molar-refractivity contribution in [3.8, 4) is 5.75 Å². The van der Waals surface area contributed by atoms with Crippen molar-refractivity contribution in [2.24, 2.45) is 0 Å². The van der Waals surface area contributed by atoms with Crippen molar-refractivity contribution >= 4 is 17.3 Å². The van der Waals surface area contributed by atoms with Gasteiger partial charge in [-0.2, -0.15) is 0 Å². The molecule has 0 aliphatic carbocycles. The molecule has 1 heterocycles. The highest BCUT2D eigenvalue weighted by atomic mass is 16.5. The first-order chi connectivity index (χ1) is 8.20. The van der Waals surface area contributed by atoms with Crippen LogP contribution in [0.3, 0.4) is 0 Å². The Hall–Kier alpha value is -2.30. The van der Waals surface area contributed by atoms with Crippen molar-refractivity contribution in [3.05, 3.63) is 36.7 Å². The third-order valence-corrected chi connectivity index (χ3v) is 2.42. The molecule has 2 rings (SSSR count). The van der Waals surface area contributed by atoms with Crippen molar-refractivity contribution in [2.75, 3.05) is 24.8 Å². The molecule has 0 saturated heterocycles. The lowest BCUT2D eigenvalue weighted by Gasteiger charge is -2.18. The number of nitrogen functional groups attached to an aromatic ring is 1. The minimum atomic E-state index is 0.400. The maximum atomic E-state index is 5.61. The van der Waals surface area contributed by atoms with Crippen LogP contribution in [0.4, 0.5) is 17.3 Å². The zero-order chi connectivity index (χ0) is 12.3. The van der Waals surface area contributed by atoms with Crippen LogP contribution in [0.5, 0.6) is 5.75 Å². The first-order valence-electron chi connectivity index (χ1n) is 5.16. The maximum Gasteiger partial charge on any atom is 0.153 e. The molecule has 0 unspecified atom stereocenters. The lowest BCUT2D eigenvalue weighted by Crippen LogP contribution is -2.12. The van der Waals surface area contributed by atoms with Gasteiger partial charge < -0.3 is 15.4 Å². The molecule has 0 aliphatic rings. The van der Waals surface area contributed by atoms with E-state index in [9.17, 15) is 0 Å². The molecule has 0 aliphatic heterocycles. The van der Waals surface area contributed by atoms with E-state index in [1.165, 1.54) is 6.20 Å². The second-order valence-corrected chi connectivity index (χ2v) is 3.56. The average Bonchev–Trinajstić information content (AvgIpc) is 2.38. The molecule has 0 amide bonds. The van der Waals surface area contributed by atoms with E-state index in [0.29, 0.717) is 11.6 Å². The molecule has 0 bridgehead atoms. The summed E-state index contributed by atoms with van der Waals surface area (Å²) in [6.45, 7) is 0. The van der Waals surface area contributed by atoms with Crippen molar-refractivity contribution < 1.29 is 4.74 Å². The zero-order valence-electron chi connectivity index (χ0n) is 9.79. The lowest BCUT2D eigenvalue weighted by atomic mass is 10.3. The number of ether oxygens (including phenoxy) is 1. The number of methoxy groups -OCH3 is 1. The first kappa shape index (κ1) is 11.2. The molecule has 0 fully saturated rings. The highest BCUT2D eigenvalue weighted by Gasteiger charge is 2.06. The first-order valence-corrected chi connectivity index (χ1v) is 5.16. The van der Waals surface area contributed by atoms with Crippen molar-refractivity contribution in [3.63, 3.8) is 0 Å². The second-order valence-electron chi connectivity index (χ2n) is 3.56. The number of nitrogens with two attached hydrogens (primary N) is 1. The van der Waals surface area contributed by atoms with E-state index in [0.717, 1.165) is 11.4 Å². The minimum absolute atomic E-state index is 0.400. The average molecular weight is 230 g/mol. The Morgan fingerprint density at radius 1 is 1.29 bits per heavy atom. The predicted molar refractivity (Wildman–Crippen MR) is 67.5 cm³/mol. The van der Waals surface area contributed by atoms with Crippen LogP contribution >= 0.6 is 0 Å². The molecule has 17 heavy (non-hydrogen) atoms. The van der Waals surface area contributed by atoms with Crippen LogP contribution in [0.1, 0.15) is 0 Å². The summed E-state index contributed by atoms with van der Waals surface area (Å²) in [6, 6.07) is 7.70. The third-order valence-electron chi connectivity index (χ3n) is 2.42. The van der Waals surface area contributed by atoms with Crippen molar-refractivity contribution in [1.29, 1.82) is 0 Å². The second kappa shape index (κ2) is 4.69. The molecule has 5 nitrogen and oxygen atoms in total. The van der Waals surface area contributed by atoms with Crippen LogP contribution in [-0.2, 0) is 0 Å². The summed E-state index contributed by atoms with van der Waals surface area (Å²) in [7, 11) is 3.54. The molecule has 0 atom stereocenters. The fourth-order valence-corrected chi connectivity index (χ4v) is 1.48. The van der Waals surface area contributed by atoms with E-state index in [4.69, 9.17) is 10.5 Å². The Labute approximate surface area is 99.9 Å². The highest BCUT2D eigenvalue weighted by Crippen LogP contribution is 2.25. The van der Waals surface area contributed by atoms with Gasteiger partial charge in [0.05, 0.1) is 19.5 Å². The minimum Gasteiger partial charge on any atom is -0.497 e. The van der Waals surface area contributed by atoms with Gasteiger partial charge in [-0.05, 0) is 12.1 Å². The van der Waals surface area contributed by atoms with Gasteiger partial charge in [-0.25, -0.2) is 4.98 Å². The molecular weight excluding hydrogens is 216 g/mol. The Morgan fingerprint density at radius 2 is 2.12 bits per heavy atom. The van der Waals surface area contributed by atoms with Gasteiger partial charge in [0.15, 0.2) is 5.82 Å². The predicted octanol–water partition coefficient (Wildman–Crippen LogP) is 1.84. The van der Waals surface area contributed by atoms with Gasteiger partial charge in [0, 0.05) is 18.8 Å². The number of anilines is 3. The van der Waals surface area contributed by atoms with Crippen LogP contribution in [0.2, 0.25) is 0 Å². The normalized spacial score (nSPS) is 10.0. The van der Waals surface area contributed by atoms with Gasteiger partial charge >= 0.3 is 0 Å². The Bertz CT molecular complexity index is 515. The zero-order valence-corrected chi connectivity index (χ0v) is 9.79. The van der Waals surface area contributed by atoms with Gasteiger partial charge in [0.2, 0.25) is 0 Å². The van der Waals surface area contributed by atoms with Crippen LogP contribution in [-0.4, -0.2) is 24.1 Å². The molecule has 0 saturated carbocycles. The largest absolute Gasteiger partial charge is 0.497 e. The van der Waals surface area contributed by atoms with Crippen molar-refractivity contribution in [1.82, 2.24) is 9.97 Å². The Morgan fingerprint density at radius 3 is 2.82 bits per heavy atom. The molecule has 5 heteroatoms. The number of benzene rings is 1. The smallest absolute Gasteiger partial charge is 0.153 e. The van der Waals surface area contributed by atoms with Gasteiger partial charge in [-0.1, -0.05) is 6.07 Å². The lowest BCUT2D eigenvalue weighted by molar-refractivity contribution is 0.415. The Kier molecular flexibility index (Phi) is 3.09. The SMILES string of the molecule is COc1cccc(N(C)c2cncc(N)n2)c1. The van der Waals surface area contributed by atoms with Crippen LogP contribution in [0.15, 0.2) is 36.7 Å². The topological polar surface area (TPSA) is 64.3 Å². The molecule has 1 aromatic carbocycles. The van der Waals surface area contributed by atoms with Gasteiger partial charge in [-0.3, -0.25) is 4.98 Å². The van der Waals surface area contributed by atoms with Crippen LogP contribution < -0.4 is 15.4 Å². The number of hydrogen-bond donors (Lipinski definition) is 1. The van der Waals surface area contributed by atoms with E-state index < -0.39 is 0 Å². The standard InChI is InChI=1S/C12H14N4O/c1-16(12-8-14-7-11(13)15-12)9-4-3-5-10(6-9)17-2/h3-8H,1-2H3,(H2,13,15). The number of aromatic nitrogens is 2. The summed E-state index contributed by atoms with van der Waals surface area (Å²) in [5, 5.41) is 0. The fraction of sp³-hybridized carbons (Fsp3) is 0.167. The summed E-state index contributed by atoms with van der Waals surface area (Å²) in [5.74, 6) is 1.89. The molecule has 0 radical (unpaired) electrons. The number of nitrogens with zero attached hydrogens (tertiary/aromatic N) is 3. The van der Waals surface area contributed by atoms with Gasteiger partial charge in [0.1, 0.15) is 11.6 Å². The molecule has 1 aromatic heterocycles. The highest BCUT2D eigenvalue weighted by molar-refractivity contribution is 5.61. The van der Waals surface area contributed by atoms with E-state index in [2.05, 4.69) is 9.97 Å². The molecule has 2 aromatic rings. The van der Waals surface area contributed by atoms with Gasteiger partial charge in [-0.15, -0.1) is 0 Å². The fourth-order valence-electron chi connectivity index (χ4n) is 1.48. The number of hydrogen-bond acceptors (Lipinski definition) is 5. The quantitative estimate of drug-likeness (QED) is 0.871. The van der Waals surface area contributed by atoms with E-state index in [1.54, 1.807) is 13.3 Å². The maximum absolute atomic E-state index is 5.61. The Balaban J connectivity index is 2.33. The van der Waals surface area contributed by atoms with Crippen molar-refractivity contribution in [2.45, 2.75) is 0 Å². The number of rotatable bonds is 3. The summed E-state index contributed by atoms with van der Waals surface area (Å²) < 4.78 is 5.18. The summed E-state index contributed by atoms with van der Waals surface area (Å²) >= 11 is 0. The molecular formula is C12H14N4O. The monoisotopic (exact) mass is 230 g/mol. The summed E-state index contributed by atoms with van der Waals surface area (Å²) in [4.78, 5) is 10.1. The summed E-state index contributed by atoms with van der Waals surface area (Å²) in [5.41, 5.74) is 6.57. The molecule has 88 valence electrons. The third kappa shape index (κ3) is 2.44. The van der Waals surface area contributed by atoms with E-state index in [1.807, 2.05) is 36.2 Å². The summed E-state index contributed by atoms with van der Waals surface area (Å²) in [6.07, 6.45) is 3.18. The van der Waals surface area contributed by atoms with E-state index >= 15 is 0 Å². The molecule has 0 spiro atoms. The van der Waals surface area contributed by atoms with Gasteiger partial charge in [0.25, 0.3) is 0 Å².